The highest BCUT2D eigenvalue weighted by molar-refractivity contribution is 9.10. The van der Waals surface area contributed by atoms with Gasteiger partial charge in [-0.05, 0) is 40.5 Å². The first-order valence-electron chi connectivity index (χ1n) is 5.45. The maximum absolute atomic E-state index is 13.1. The first kappa shape index (κ1) is 12.1. The van der Waals surface area contributed by atoms with E-state index in [9.17, 15) is 4.39 Å². The second-order valence-electron chi connectivity index (χ2n) is 3.72. The van der Waals surface area contributed by atoms with Gasteiger partial charge in [-0.25, -0.2) is 4.39 Å². The number of H-pyrrole nitrogens is 1. The van der Waals surface area contributed by atoms with E-state index in [2.05, 4.69) is 38.4 Å². The van der Waals surface area contributed by atoms with E-state index in [-0.39, 0.29) is 5.82 Å². The van der Waals surface area contributed by atoms with Gasteiger partial charge in [0.05, 0.1) is 10.2 Å². The normalized spacial score (nSPS) is 10.5. The minimum atomic E-state index is -0.266. The second-order valence-corrected chi connectivity index (χ2v) is 4.58. The molecular weight excluding hydrogens is 285 g/mol. The first-order chi connectivity index (χ1) is 8.20. The van der Waals surface area contributed by atoms with Gasteiger partial charge >= 0.3 is 0 Å². The zero-order chi connectivity index (χ0) is 12.3. The van der Waals surface area contributed by atoms with Crippen molar-refractivity contribution in [3.8, 4) is 11.3 Å². The van der Waals surface area contributed by atoms with Crippen molar-refractivity contribution in [3.05, 3.63) is 34.6 Å². The van der Waals surface area contributed by atoms with Gasteiger partial charge in [0.2, 0.25) is 0 Å². The molecule has 90 valence electrons. The number of halogens is 2. The molecule has 0 bridgehead atoms. The van der Waals surface area contributed by atoms with Gasteiger partial charge in [-0.3, -0.25) is 5.10 Å². The number of anilines is 1. The van der Waals surface area contributed by atoms with Crippen molar-refractivity contribution in [2.45, 2.75) is 13.3 Å². The van der Waals surface area contributed by atoms with Gasteiger partial charge in [0.15, 0.2) is 0 Å². The number of nitrogens with zero attached hydrogens (tertiary/aromatic N) is 1. The van der Waals surface area contributed by atoms with Crippen LogP contribution in [-0.2, 0) is 0 Å². The van der Waals surface area contributed by atoms with E-state index in [1.54, 1.807) is 12.1 Å². The third-order valence-corrected chi connectivity index (χ3v) is 2.97. The van der Waals surface area contributed by atoms with Gasteiger partial charge in [0, 0.05) is 18.2 Å². The lowest BCUT2D eigenvalue weighted by Gasteiger charge is -1.99. The molecular formula is C12H13BrFN3. The summed E-state index contributed by atoms with van der Waals surface area (Å²) in [6, 6.07) is 6.79. The molecule has 0 radical (unpaired) electrons. The molecule has 0 aliphatic carbocycles. The standard InChI is InChI=1S/C12H13BrFN3/c1-2-5-15-12-7-11(16-17-12)8-3-4-10(14)9(13)6-8/h3-4,6-7H,2,5H2,1H3,(H2,15,16,17). The van der Waals surface area contributed by atoms with Crippen LogP contribution in [0.5, 0.6) is 0 Å². The molecule has 0 saturated heterocycles. The summed E-state index contributed by atoms with van der Waals surface area (Å²) in [4.78, 5) is 0. The molecule has 0 fully saturated rings. The second kappa shape index (κ2) is 5.31. The first-order valence-corrected chi connectivity index (χ1v) is 6.24. The van der Waals surface area contributed by atoms with Crippen molar-refractivity contribution in [2.24, 2.45) is 0 Å². The molecule has 0 atom stereocenters. The van der Waals surface area contributed by atoms with Gasteiger partial charge in [-0.1, -0.05) is 6.92 Å². The Morgan fingerprint density at radius 3 is 2.94 bits per heavy atom. The van der Waals surface area contributed by atoms with Crippen molar-refractivity contribution in [1.82, 2.24) is 10.2 Å². The molecule has 2 N–H and O–H groups in total. The van der Waals surface area contributed by atoms with Crippen LogP contribution in [0.25, 0.3) is 11.3 Å². The number of nitrogens with one attached hydrogen (secondary N) is 2. The average molecular weight is 298 g/mol. The van der Waals surface area contributed by atoms with Crippen molar-refractivity contribution in [2.75, 3.05) is 11.9 Å². The molecule has 1 aromatic carbocycles. The smallest absolute Gasteiger partial charge is 0.148 e. The van der Waals surface area contributed by atoms with Crippen LogP contribution in [0.2, 0.25) is 0 Å². The molecule has 0 spiro atoms. The highest BCUT2D eigenvalue weighted by atomic mass is 79.9. The van der Waals surface area contributed by atoms with E-state index >= 15 is 0 Å². The summed E-state index contributed by atoms with van der Waals surface area (Å²) in [5.41, 5.74) is 1.76. The number of hydrogen-bond acceptors (Lipinski definition) is 2. The average Bonchev–Trinajstić information content (AvgIpc) is 2.79. The Hall–Kier alpha value is -1.36. The van der Waals surface area contributed by atoms with Crippen LogP contribution in [0, 0.1) is 5.82 Å². The summed E-state index contributed by atoms with van der Waals surface area (Å²) in [5, 5.41) is 10.2. The summed E-state index contributed by atoms with van der Waals surface area (Å²) in [6.45, 7) is 2.98. The Morgan fingerprint density at radius 2 is 2.24 bits per heavy atom. The van der Waals surface area contributed by atoms with E-state index in [0.717, 1.165) is 30.0 Å². The van der Waals surface area contributed by atoms with Crippen LogP contribution in [0.15, 0.2) is 28.7 Å². The molecule has 5 heteroatoms. The van der Waals surface area contributed by atoms with E-state index in [4.69, 9.17) is 0 Å². The zero-order valence-electron chi connectivity index (χ0n) is 9.43. The number of rotatable bonds is 4. The van der Waals surface area contributed by atoms with Crippen molar-refractivity contribution < 1.29 is 4.39 Å². The number of aromatic nitrogens is 2. The molecule has 2 rings (SSSR count). The lowest BCUT2D eigenvalue weighted by molar-refractivity contribution is 0.621. The molecule has 17 heavy (non-hydrogen) atoms. The third-order valence-electron chi connectivity index (χ3n) is 2.36. The number of hydrogen-bond donors (Lipinski definition) is 2. The van der Waals surface area contributed by atoms with Gasteiger partial charge in [-0.2, -0.15) is 5.10 Å². The highest BCUT2D eigenvalue weighted by Crippen LogP contribution is 2.25. The maximum atomic E-state index is 13.1. The predicted molar refractivity (Wildman–Crippen MR) is 70.5 cm³/mol. The molecule has 2 aromatic rings. The fraction of sp³-hybridized carbons (Fsp3) is 0.250. The van der Waals surface area contributed by atoms with Crippen LogP contribution in [0.3, 0.4) is 0 Å². The highest BCUT2D eigenvalue weighted by Gasteiger charge is 2.05. The molecule has 0 amide bonds. The summed E-state index contributed by atoms with van der Waals surface area (Å²) in [7, 11) is 0. The van der Waals surface area contributed by atoms with Gasteiger partial charge in [0.1, 0.15) is 11.6 Å². The van der Waals surface area contributed by atoms with E-state index in [1.165, 1.54) is 6.07 Å². The molecule has 1 heterocycles. The predicted octanol–water partition coefficient (Wildman–Crippen LogP) is 3.80. The molecule has 0 aliphatic heterocycles. The Kier molecular flexibility index (Phi) is 3.78. The SMILES string of the molecule is CCCNc1cc(-c2ccc(F)c(Br)c2)[nH]n1. The van der Waals surface area contributed by atoms with Crippen molar-refractivity contribution in [1.29, 1.82) is 0 Å². The Bertz CT molecular complexity index is 510. The van der Waals surface area contributed by atoms with E-state index in [0.29, 0.717) is 4.47 Å². The van der Waals surface area contributed by atoms with E-state index < -0.39 is 0 Å². The lowest BCUT2D eigenvalue weighted by Crippen LogP contribution is -1.99. The molecule has 0 unspecified atom stereocenters. The molecule has 0 saturated carbocycles. The van der Waals surface area contributed by atoms with Gasteiger partial charge in [0.25, 0.3) is 0 Å². The third kappa shape index (κ3) is 2.85. The largest absolute Gasteiger partial charge is 0.369 e. The van der Waals surface area contributed by atoms with Crippen LogP contribution in [0.4, 0.5) is 10.2 Å². The topological polar surface area (TPSA) is 40.7 Å². The summed E-state index contributed by atoms with van der Waals surface area (Å²) in [6.07, 6.45) is 1.05. The summed E-state index contributed by atoms with van der Waals surface area (Å²) >= 11 is 3.17. The minimum Gasteiger partial charge on any atom is -0.369 e. The molecule has 0 aliphatic rings. The summed E-state index contributed by atoms with van der Waals surface area (Å²) in [5.74, 6) is 0.542. The Labute approximate surface area is 108 Å². The van der Waals surface area contributed by atoms with Gasteiger partial charge in [-0.15, -0.1) is 0 Å². The number of benzene rings is 1. The van der Waals surface area contributed by atoms with Crippen LogP contribution in [-0.4, -0.2) is 16.7 Å². The summed E-state index contributed by atoms with van der Waals surface area (Å²) < 4.78 is 13.6. The monoisotopic (exact) mass is 297 g/mol. The molecule has 3 nitrogen and oxygen atoms in total. The Balaban J connectivity index is 2.21. The lowest BCUT2D eigenvalue weighted by atomic mass is 10.1. The number of aromatic amines is 1. The minimum absolute atomic E-state index is 0.266. The van der Waals surface area contributed by atoms with E-state index in [1.807, 2.05) is 6.07 Å². The molecule has 1 aromatic heterocycles. The van der Waals surface area contributed by atoms with Crippen molar-refractivity contribution >= 4 is 21.7 Å². The van der Waals surface area contributed by atoms with Gasteiger partial charge < -0.3 is 5.32 Å². The Morgan fingerprint density at radius 1 is 1.41 bits per heavy atom. The fourth-order valence-electron chi connectivity index (χ4n) is 1.48. The van der Waals surface area contributed by atoms with Crippen LogP contribution < -0.4 is 5.32 Å². The van der Waals surface area contributed by atoms with Crippen molar-refractivity contribution in [3.63, 3.8) is 0 Å². The quantitative estimate of drug-likeness (QED) is 0.901. The fourth-order valence-corrected chi connectivity index (χ4v) is 1.86. The van der Waals surface area contributed by atoms with Crippen LogP contribution in [0.1, 0.15) is 13.3 Å². The zero-order valence-corrected chi connectivity index (χ0v) is 11.0. The van der Waals surface area contributed by atoms with Crippen LogP contribution >= 0.6 is 15.9 Å². The maximum Gasteiger partial charge on any atom is 0.148 e.